The Bertz CT molecular complexity index is 334. The Morgan fingerprint density at radius 3 is 1.82 bits per heavy atom. The van der Waals surface area contributed by atoms with Crippen LogP contribution in [0.2, 0.25) is 0 Å². The number of aliphatic hydroxyl groups is 1. The summed E-state index contributed by atoms with van der Waals surface area (Å²) >= 11 is 0. The number of carboxylic acids is 3. The molecule has 0 aromatic heterocycles. The lowest BCUT2D eigenvalue weighted by atomic mass is 10.2. The normalized spacial score (nSPS) is 13.5. The Morgan fingerprint density at radius 1 is 0.941 bits per heavy atom. The summed E-state index contributed by atoms with van der Waals surface area (Å²) < 4.78 is 4.20. The van der Waals surface area contributed by atoms with Gasteiger partial charge in [-0.15, -0.1) is 0 Å². The number of hydrogen-bond donors (Lipinski definition) is 4. The van der Waals surface area contributed by atoms with Crippen molar-refractivity contribution >= 4 is 23.9 Å². The lowest BCUT2D eigenvalue weighted by molar-refractivity contribution is -0.170. The molecule has 2 unspecified atom stereocenters. The average molecular weight is 250 g/mol. The van der Waals surface area contributed by atoms with E-state index >= 15 is 0 Å². The van der Waals surface area contributed by atoms with E-state index in [9.17, 15) is 19.2 Å². The van der Waals surface area contributed by atoms with Crippen LogP contribution in [0.5, 0.6) is 0 Å². The molecule has 2 atom stereocenters. The number of hydrogen-bond acceptors (Lipinski definition) is 6. The van der Waals surface area contributed by atoms with Gasteiger partial charge in [-0.2, -0.15) is 0 Å². The van der Waals surface area contributed by atoms with E-state index in [0.717, 1.165) is 0 Å². The summed E-state index contributed by atoms with van der Waals surface area (Å²) in [6, 6.07) is 0. The molecule has 0 spiro atoms. The third-order valence-corrected chi connectivity index (χ3v) is 1.55. The van der Waals surface area contributed by atoms with Crippen LogP contribution in [-0.2, 0) is 23.9 Å². The monoisotopic (exact) mass is 250 g/mol. The topological polar surface area (TPSA) is 158 Å². The SMILES string of the molecule is O=C(O)CC(OC(=O)CC(O)C(=O)O)C(=O)O. The number of carbonyl (C=O) groups excluding carboxylic acids is 1. The van der Waals surface area contributed by atoms with Gasteiger partial charge in [-0.3, -0.25) is 9.59 Å². The molecule has 0 saturated carbocycles. The summed E-state index contributed by atoms with van der Waals surface area (Å²) in [5.41, 5.74) is 0. The minimum absolute atomic E-state index is 0.954. The average Bonchev–Trinajstić information content (AvgIpc) is 2.15. The molecule has 0 heterocycles. The van der Waals surface area contributed by atoms with E-state index in [1.54, 1.807) is 0 Å². The minimum Gasteiger partial charge on any atom is -0.481 e. The van der Waals surface area contributed by atoms with E-state index in [1.165, 1.54) is 0 Å². The number of aliphatic carboxylic acids is 3. The van der Waals surface area contributed by atoms with Gasteiger partial charge in [-0.05, 0) is 0 Å². The van der Waals surface area contributed by atoms with Crippen molar-refractivity contribution in [2.75, 3.05) is 0 Å². The summed E-state index contributed by atoms with van der Waals surface area (Å²) in [7, 11) is 0. The van der Waals surface area contributed by atoms with E-state index in [4.69, 9.17) is 20.4 Å². The van der Waals surface area contributed by atoms with Crippen LogP contribution in [0, 0.1) is 0 Å². The van der Waals surface area contributed by atoms with Crippen molar-refractivity contribution < 1.29 is 44.3 Å². The fourth-order valence-corrected chi connectivity index (χ4v) is 0.790. The Labute approximate surface area is 94.2 Å². The zero-order valence-electron chi connectivity index (χ0n) is 8.40. The molecule has 17 heavy (non-hydrogen) atoms. The van der Waals surface area contributed by atoms with Crippen molar-refractivity contribution in [3.8, 4) is 0 Å². The summed E-state index contributed by atoms with van der Waals surface area (Å²) in [4.78, 5) is 41.8. The van der Waals surface area contributed by atoms with E-state index in [2.05, 4.69) is 4.74 Å². The van der Waals surface area contributed by atoms with Crippen LogP contribution in [0.1, 0.15) is 12.8 Å². The molecule has 9 heteroatoms. The Balaban J connectivity index is 4.36. The van der Waals surface area contributed by atoms with Gasteiger partial charge in [0.1, 0.15) is 0 Å². The van der Waals surface area contributed by atoms with Crippen LogP contribution in [0.4, 0.5) is 0 Å². The van der Waals surface area contributed by atoms with E-state index in [1.807, 2.05) is 0 Å². The molecule has 96 valence electrons. The van der Waals surface area contributed by atoms with Crippen molar-refractivity contribution in [3.63, 3.8) is 0 Å². The van der Waals surface area contributed by atoms with Gasteiger partial charge >= 0.3 is 23.9 Å². The van der Waals surface area contributed by atoms with Gasteiger partial charge in [-0.25, -0.2) is 9.59 Å². The maximum atomic E-state index is 11.0. The molecule has 0 aliphatic heterocycles. The van der Waals surface area contributed by atoms with Crippen molar-refractivity contribution in [1.29, 1.82) is 0 Å². The number of rotatable bonds is 7. The second-order valence-electron chi connectivity index (χ2n) is 2.97. The smallest absolute Gasteiger partial charge is 0.345 e. The maximum Gasteiger partial charge on any atom is 0.345 e. The highest BCUT2D eigenvalue weighted by Crippen LogP contribution is 2.03. The molecule has 0 fully saturated rings. The number of ether oxygens (including phenoxy) is 1. The standard InChI is InChI=1S/C8H10O9/c9-3(7(13)14)1-6(12)17-4(8(15)16)2-5(10)11/h3-4,9H,1-2H2,(H,10,11)(H,13,14)(H,15,16). The van der Waals surface area contributed by atoms with Gasteiger partial charge in [0.2, 0.25) is 6.10 Å². The van der Waals surface area contributed by atoms with Gasteiger partial charge in [0.25, 0.3) is 0 Å². The van der Waals surface area contributed by atoms with E-state index in [-0.39, 0.29) is 0 Å². The Kier molecular flexibility index (Phi) is 5.61. The molecular formula is C8H10O9. The Hall–Kier alpha value is -2.16. The first-order valence-corrected chi connectivity index (χ1v) is 4.29. The summed E-state index contributed by atoms with van der Waals surface area (Å²) in [6.45, 7) is 0. The minimum atomic E-state index is -2.03. The molecule has 0 bridgehead atoms. The molecule has 0 amide bonds. The number of esters is 1. The highest BCUT2D eigenvalue weighted by molar-refractivity contribution is 5.84. The summed E-state index contributed by atoms with van der Waals surface area (Å²) in [5.74, 6) is -6.16. The van der Waals surface area contributed by atoms with Crippen LogP contribution in [0.25, 0.3) is 0 Å². The fourth-order valence-electron chi connectivity index (χ4n) is 0.790. The number of carbonyl (C=O) groups is 4. The molecule has 0 aliphatic rings. The lowest BCUT2D eigenvalue weighted by Gasteiger charge is -2.12. The molecule has 4 N–H and O–H groups in total. The molecule has 9 nitrogen and oxygen atoms in total. The molecule has 0 aromatic carbocycles. The molecule has 0 aliphatic carbocycles. The highest BCUT2D eigenvalue weighted by Gasteiger charge is 2.27. The number of carboxylic acid groups (broad SMARTS) is 3. The predicted octanol–water partition coefficient (Wildman–Crippen LogP) is -1.71. The van der Waals surface area contributed by atoms with Crippen molar-refractivity contribution in [3.05, 3.63) is 0 Å². The zero-order valence-corrected chi connectivity index (χ0v) is 8.40. The lowest BCUT2D eigenvalue weighted by Crippen LogP contribution is -2.32. The van der Waals surface area contributed by atoms with E-state index < -0.39 is 48.9 Å². The number of aliphatic hydroxyl groups excluding tert-OH is 1. The summed E-state index contributed by atoms with van der Waals surface area (Å²) in [6.07, 6.45) is -5.86. The summed E-state index contributed by atoms with van der Waals surface area (Å²) in [5, 5.41) is 33.8. The van der Waals surface area contributed by atoms with Crippen LogP contribution < -0.4 is 0 Å². The first-order valence-electron chi connectivity index (χ1n) is 4.29. The first-order chi connectivity index (χ1) is 7.73. The zero-order chi connectivity index (χ0) is 13.6. The first kappa shape index (κ1) is 14.8. The molecule has 0 aromatic rings. The quantitative estimate of drug-likeness (QED) is 0.386. The van der Waals surface area contributed by atoms with Crippen LogP contribution in [-0.4, -0.2) is 56.5 Å². The van der Waals surface area contributed by atoms with Gasteiger partial charge < -0.3 is 25.2 Å². The van der Waals surface area contributed by atoms with Crippen molar-refractivity contribution in [2.45, 2.75) is 25.0 Å². The van der Waals surface area contributed by atoms with Crippen LogP contribution in [0.3, 0.4) is 0 Å². The maximum absolute atomic E-state index is 11.0. The molecule has 0 saturated heterocycles. The second-order valence-corrected chi connectivity index (χ2v) is 2.97. The highest BCUT2D eigenvalue weighted by atomic mass is 16.6. The van der Waals surface area contributed by atoms with Gasteiger partial charge in [0.15, 0.2) is 6.10 Å². The van der Waals surface area contributed by atoms with Gasteiger partial charge in [-0.1, -0.05) is 0 Å². The molecule has 0 rings (SSSR count). The Morgan fingerprint density at radius 2 is 1.47 bits per heavy atom. The van der Waals surface area contributed by atoms with Crippen molar-refractivity contribution in [2.24, 2.45) is 0 Å². The predicted molar refractivity (Wildman–Crippen MR) is 48.0 cm³/mol. The third kappa shape index (κ3) is 6.10. The molecule has 0 radical (unpaired) electrons. The van der Waals surface area contributed by atoms with Crippen LogP contribution >= 0.6 is 0 Å². The third-order valence-electron chi connectivity index (χ3n) is 1.55. The van der Waals surface area contributed by atoms with Crippen LogP contribution in [0.15, 0.2) is 0 Å². The van der Waals surface area contributed by atoms with Crippen molar-refractivity contribution in [1.82, 2.24) is 0 Å². The van der Waals surface area contributed by atoms with Gasteiger partial charge in [0, 0.05) is 0 Å². The fraction of sp³-hybridized carbons (Fsp3) is 0.500. The van der Waals surface area contributed by atoms with Gasteiger partial charge in [0.05, 0.1) is 12.8 Å². The van der Waals surface area contributed by atoms with E-state index in [0.29, 0.717) is 0 Å². The molecular weight excluding hydrogens is 240 g/mol. The second kappa shape index (κ2) is 6.43. The largest absolute Gasteiger partial charge is 0.481 e.